The molecule has 0 rings (SSSR count). The highest BCUT2D eigenvalue weighted by Crippen LogP contribution is 2.11. The molecule has 0 heterocycles. The minimum Gasteiger partial charge on any atom is -0.300 e. The third-order valence-corrected chi connectivity index (χ3v) is 1.82. The fourth-order valence-corrected chi connectivity index (χ4v) is 1.48. The van der Waals surface area contributed by atoms with Crippen LogP contribution < -0.4 is 0 Å². The van der Waals surface area contributed by atoms with Crippen molar-refractivity contribution < 1.29 is 4.79 Å². The van der Waals surface area contributed by atoms with E-state index in [0.29, 0.717) is 12.3 Å². The second-order valence-electron chi connectivity index (χ2n) is 3.65. The summed E-state index contributed by atoms with van der Waals surface area (Å²) < 4.78 is 0. The van der Waals surface area contributed by atoms with Crippen molar-refractivity contribution in [1.82, 2.24) is 0 Å². The predicted octanol–water partition coefficient (Wildman–Crippen LogP) is 3.35. The normalized spacial score (nSPS) is 14.5. The van der Waals surface area contributed by atoms with Crippen molar-refractivity contribution in [1.29, 1.82) is 0 Å². The highest BCUT2D eigenvalue weighted by molar-refractivity contribution is 5.75. The van der Waals surface area contributed by atoms with Gasteiger partial charge in [0.25, 0.3) is 0 Å². The van der Waals surface area contributed by atoms with Gasteiger partial charge >= 0.3 is 0 Å². The molecule has 0 aliphatic rings. The van der Waals surface area contributed by atoms with Crippen molar-refractivity contribution >= 4 is 5.78 Å². The molecule has 0 saturated heterocycles. The highest BCUT2D eigenvalue weighted by Gasteiger charge is 2.01. The Bertz CT molecular complexity index is 168. The summed E-state index contributed by atoms with van der Waals surface area (Å²) in [5.74, 6) is 0.692. The van der Waals surface area contributed by atoms with Crippen molar-refractivity contribution in [3.63, 3.8) is 0 Å². The lowest BCUT2D eigenvalue weighted by Gasteiger charge is -2.05. The molecule has 0 aromatic carbocycles. The fourth-order valence-electron chi connectivity index (χ4n) is 1.48. The third-order valence-electron chi connectivity index (χ3n) is 1.82. The molecule has 12 heavy (non-hydrogen) atoms. The van der Waals surface area contributed by atoms with Crippen LogP contribution in [0.1, 0.15) is 47.0 Å². The van der Waals surface area contributed by atoms with Crippen molar-refractivity contribution in [2.24, 2.45) is 5.92 Å². The summed E-state index contributed by atoms with van der Waals surface area (Å²) in [6.07, 6.45) is 5.24. The summed E-state index contributed by atoms with van der Waals surface area (Å²) in [6, 6.07) is 0. The van der Waals surface area contributed by atoms with Gasteiger partial charge in [-0.2, -0.15) is 0 Å². The van der Waals surface area contributed by atoms with E-state index in [4.69, 9.17) is 0 Å². The molecule has 0 saturated carbocycles. The lowest BCUT2D eigenvalue weighted by Crippen LogP contribution is -1.99. The van der Waals surface area contributed by atoms with Crippen LogP contribution in [0.25, 0.3) is 0 Å². The lowest BCUT2D eigenvalue weighted by molar-refractivity contribution is -0.117. The summed E-state index contributed by atoms with van der Waals surface area (Å²) in [5.41, 5.74) is 1.41. The first-order valence-corrected chi connectivity index (χ1v) is 4.73. The maximum atomic E-state index is 10.8. The van der Waals surface area contributed by atoms with E-state index in [1.54, 1.807) is 6.92 Å². The summed E-state index contributed by atoms with van der Waals surface area (Å²) in [5, 5.41) is 0. The smallest absolute Gasteiger partial charge is 0.130 e. The van der Waals surface area contributed by atoms with Crippen LogP contribution >= 0.6 is 0 Å². The Labute approximate surface area is 75.9 Å². The molecule has 0 N–H and O–H groups in total. The van der Waals surface area contributed by atoms with Crippen LogP contribution in [0.2, 0.25) is 0 Å². The largest absolute Gasteiger partial charge is 0.300 e. The van der Waals surface area contributed by atoms with Gasteiger partial charge in [0.2, 0.25) is 0 Å². The Hall–Kier alpha value is -0.590. The summed E-state index contributed by atoms with van der Waals surface area (Å²) in [7, 11) is 0. The Kier molecular flexibility index (Phi) is 5.69. The molecular weight excluding hydrogens is 148 g/mol. The van der Waals surface area contributed by atoms with Crippen LogP contribution in [0.3, 0.4) is 0 Å². The Morgan fingerprint density at radius 3 is 2.42 bits per heavy atom. The molecule has 0 bridgehead atoms. The van der Waals surface area contributed by atoms with Crippen LogP contribution in [0.4, 0.5) is 0 Å². The van der Waals surface area contributed by atoms with Gasteiger partial charge in [-0.1, -0.05) is 31.9 Å². The second-order valence-corrected chi connectivity index (χ2v) is 3.65. The number of hydrogen-bond donors (Lipinski definition) is 0. The molecule has 1 unspecified atom stereocenters. The Morgan fingerprint density at radius 2 is 2.00 bits per heavy atom. The quantitative estimate of drug-likeness (QED) is 0.575. The first-order chi connectivity index (χ1) is 5.56. The molecule has 0 aromatic heterocycles. The summed E-state index contributed by atoms with van der Waals surface area (Å²) in [6.45, 7) is 8.06. The Balaban J connectivity index is 3.86. The predicted molar refractivity (Wildman–Crippen MR) is 53.1 cm³/mol. The monoisotopic (exact) mass is 168 g/mol. The van der Waals surface area contributed by atoms with Crippen LogP contribution in [-0.2, 0) is 4.79 Å². The van der Waals surface area contributed by atoms with Gasteiger partial charge in [0.15, 0.2) is 0 Å². The average Bonchev–Trinajstić information content (AvgIpc) is 1.84. The van der Waals surface area contributed by atoms with E-state index in [0.717, 1.165) is 6.42 Å². The summed E-state index contributed by atoms with van der Waals surface area (Å²) in [4.78, 5) is 10.8. The van der Waals surface area contributed by atoms with Crippen molar-refractivity contribution in [2.75, 3.05) is 0 Å². The van der Waals surface area contributed by atoms with Gasteiger partial charge in [-0.05, 0) is 26.2 Å². The van der Waals surface area contributed by atoms with E-state index >= 15 is 0 Å². The number of carbonyl (C=O) groups is 1. The molecule has 1 heteroatoms. The first-order valence-electron chi connectivity index (χ1n) is 4.73. The average molecular weight is 168 g/mol. The zero-order valence-electron chi connectivity index (χ0n) is 8.68. The number of rotatable bonds is 5. The molecule has 0 aliphatic heterocycles. The number of Topliss-reactive ketones (excluding diaryl/α,β-unsaturated/α-hetero) is 1. The number of ketones is 1. The van der Waals surface area contributed by atoms with E-state index in [9.17, 15) is 4.79 Å². The van der Waals surface area contributed by atoms with Gasteiger partial charge < -0.3 is 4.79 Å². The molecule has 0 aromatic rings. The number of hydrogen-bond acceptors (Lipinski definition) is 1. The fraction of sp³-hybridized carbons (Fsp3) is 0.727. The Morgan fingerprint density at radius 1 is 1.42 bits per heavy atom. The van der Waals surface area contributed by atoms with Gasteiger partial charge in [-0.25, -0.2) is 0 Å². The van der Waals surface area contributed by atoms with Crippen molar-refractivity contribution in [2.45, 2.75) is 47.0 Å². The van der Waals surface area contributed by atoms with E-state index < -0.39 is 0 Å². The summed E-state index contributed by atoms with van der Waals surface area (Å²) >= 11 is 0. The SMILES string of the molecule is CCC/C(C)=C/C(C)CC(C)=O. The van der Waals surface area contributed by atoms with E-state index in [-0.39, 0.29) is 5.78 Å². The van der Waals surface area contributed by atoms with Gasteiger partial charge in [-0.15, -0.1) is 0 Å². The topological polar surface area (TPSA) is 17.1 Å². The second kappa shape index (κ2) is 5.99. The zero-order valence-corrected chi connectivity index (χ0v) is 8.68. The molecule has 0 radical (unpaired) electrons. The van der Waals surface area contributed by atoms with Gasteiger partial charge in [0.1, 0.15) is 5.78 Å². The lowest BCUT2D eigenvalue weighted by atomic mass is 10.0. The highest BCUT2D eigenvalue weighted by atomic mass is 16.1. The molecular formula is C11H20O. The van der Waals surface area contributed by atoms with E-state index in [1.165, 1.54) is 12.0 Å². The zero-order chi connectivity index (χ0) is 9.56. The number of carbonyl (C=O) groups excluding carboxylic acids is 1. The van der Waals surface area contributed by atoms with Crippen LogP contribution in [-0.4, -0.2) is 5.78 Å². The van der Waals surface area contributed by atoms with Crippen LogP contribution in [0, 0.1) is 5.92 Å². The van der Waals surface area contributed by atoms with Crippen LogP contribution in [0.5, 0.6) is 0 Å². The van der Waals surface area contributed by atoms with Crippen LogP contribution in [0.15, 0.2) is 11.6 Å². The minimum absolute atomic E-state index is 0.281. The molecule has 0 spiro atoms. The standard InChI is InChI=1S/C11H20O/c1-5-6-9(2)7-10(3)8-11(4)12/h7,10H,5-6,8H2,1-4H3/b9-7+. The maximum Gasteiger partial charge on any atom is 0.130 e. The molecule has 0 amide bonds. The van der Waals surface area contributed by atoms with Gasteiger partial charge in [0.05, 0.1) is 0 Å². The molecule has 0 aliphatic carbocycles. The number of allylic oxidation sites excluding steroid dienone is 2. The van der Waals surface area contributed by atoms with Crippen molar-refractivity contribution in [3.05, 3.63) is 11.6 Å². The molecule has 0 fully saturated rings. The van der Waals surface area contributed by atoms with E-state index in [2.05, 4.69) is 26.8 Å². The minimum atomic E-state index is 0.281. The van der Waals surface area contributed by atoms with Gasteiger partial charge in [-0.3, -0.25) is 0 Å². The molecule has 1 atom stereocenters. The first kappa shape index (κ1) is 11.4. The third kappa shape index (κ3) is 6.14. The van der Waals surface area contributed by atoms with Gasteiger partial charge in [0, 0.05) is 6.42 Å². The van der Waals surface area contributed by atoms with E-state index in [1.807, 2.05) is 0 Å². The van der Waals surface area contributed by atoms with Crippen molar-refractivity contribution in [3.8, 4) is 0 Å². The molecule has 70 valence electrons. The molecule has 1 nitrogen and oxygen atoms in total. The maximum absolute atomic E-state index is 10.8.